The Kier molecular flexibility index (Phi) is 5.93. The summed E-state index contributed by atoms with van der Waals surface area (Å²) in [5, 5.41) is 3.11. The van der Waals surface area contributed by atoms with Crippen molar-refractivity contribution in [2.75, 3.05) is 33.8 Å². The van der Waals surface area contributed by atoms with Crippen LogP contribution in [-0.4, -0.2) is 44.7 Å². The van der Waals surface area contributed by atoms with Gasteiger partial charge < -0.3 is 15.0 Å². The molecule has 0 spiro atoms. The van der Waals surface area contributed by atoms with Gasteiger partial charge in [0.1, 0.15) is 0 Å². The van der Waals surface area contributed by atoms with E-state index in [1.54, 1.807) is 6.20 Å². The Hall–Kier alpha value is -1.03. The number of piperidine rings is 1. The number of esters is 1. The van der Waals surface area contributed by atoms with Crippen molar-refractivity contribution in [2.24, 2.45) is 5.92 Å². The molecule has 0 bridgehead atoms. The molecule has 92 valence electrons. The molecule has 0 saturated carbocycles. The van der Waals surface area contributed by atoms with E-state index in [0.29, 0.717) is 0 Å². The second kappa shape index (κ2) is 7.28. The Bertz CT molecular complexity index is 233. The minimum Gasteiger partial charge on any atom is -0.466 e. The number of methoxy groups -OCH3 is 1. The van der Waals surface area contributed by atoms with Crippen LogP contribution in [0.4, 0.5) is 0 Å². The summed E-state index contributed by atoms with van der Waals surface area (Å²) in [6.45, 7) is 3.35. The van der Waals surface area contributed by atoms with Crippen molar-refractivity contribution in [3.8, 4) is 0 Å². The third-order valence-corrected chi connectivity index (χ3v) is 3.07. The molecule has 1 fully saturated rings. The van der Waals surface area contributed by atoms with E-state index < -0.39 is 0 Å². The summed E-state index contributed by atoms with van der Waals surface area (Å²) < 4.78 is 4.49. The molecule has 0 aliphatic carbocycles. The van der Waals surface area contributed by atoms with Crippen LogP contribution in [0, 0.1) is 5.92 Å². The average Bonchev–Trinajstić information content (AvgIpc) is 2.31. The van der Waals surface area contributed by atoms with Crippen LogP contribution in [0.1, 0.15) is 19.3 Å². The molecule has 1 aliphatic heterocycles. The number of hydrogen-bond acceptors (Lipinski definition) is 4. The highest BCUT2D eigenvalue weighted by Gasteiger charge is 2.15. The van der Waals surface area contributed by atoms with Crippen LogP contribution in [0.2, 0.25) is 0 Å². The minimum absolute atomic E-state index is 0.313. The van der Waals surface area contributed by atoms with Crippen LogP contribution in [0.25, 0.3) is 0 Å². The topological polar surface area (TPSA) is 41.6 Å². The predicted molar refractivity (Wildman–Crippen MR) is 64.0 cm³/mol. The lowest BCUT2D eigenvalue weighted by atomic mass is 9.94. The Morgan fingerprint density at radius 3 is 2.81 bits per heavy atom. The van der Waals surface area contributed by atoms with E-state index in [2.05, 4.69) is 22.0 Å². The number of ether oxygens (including phenoxy) is 1. The zero-order chi connectivity index (χ0) is 11.8. The summed E-state index contributed by atoms with van der Waals surface area (Å²) in [6.07, 6.45) is 6.84. The zero-order valence-corrected chi connectivity index (χ0v) is 10.2. The zero-order valence-electron chi connectivity index (χ0n) is 10.2. The minimum atomic E-state index is -0.313. The molecule has 1 aliphatic rings. The van der Waals surface area contributed by atoms with E-state index in [4.69, 9.17) is 0 Å². The number of carbonyl (C=O) groups excluding carboxylic acids is 1. The molecule has 0 aromatic heterocycles. The molecule has 0 amide bonds. The molecular formula is C12H22N2O2. The second-order valence-electron chi connectivity index (χ2n) is 4.35. The van der Waals surface area contributed by atoms with Gasteiger partial charge in [-0.15, -0.1) is 0 Å². The van der Waals surface area contributed by atoms with Crippen LogP contribution < -0.4 is 5.32 Å². The van der Waals surface area contributed by atoms with Gasteiger partial charge in [-0.25, -0.2) is 4.79 Å². The monoisotopic (exact) mass is 226 g/mol. The maximum absolute atomic E-state index is 10.8. The van der Waals surface area contributed by atoms with E-state index in [-0.39, 0.29) is 5.97 Å². The first-order valence-electron chi connectivity index (χ1n) is 5.89. The van der Waals surface area contributed by atoms with Crippen LogP contribution in [0.5, 0.6) is 0 Å². The van der Waals surface area contributed by atoms with Gasteiger partial charge in [0.2, 0.25) is 0 Å². The molecule has 1 saturated heterocycles. The van der Waals surface area contributed by atoms with Crippen LogP contribution in [-0.2, 0) is 9.53 Å². The maximum atomic E-state index is 10.8. The van der Waals surface area contributed by atoms with Crippen molar-refractivity contribution in [3.63, 3.8) is 0 Å². The Morgan fingerprint density at radius 2 is 2.19 bits per heavy atom. The lowest BCUT2D eigenvalue weighted by Crippen LogP contribution is -2.31. The molecule has 4 heteroatoms. The first kappa shape index (κ1) is 13.0. The van der Waals surface area contributed by atoms with Crippen molar-refractivity contribution < 1.29 is 9.53 Å². The molecule has 1 rings (SSSR count). The lowest BCUT2D eigenvalue weighted by molar-refractivity contribution is -0.134. The van der Waals surface area contributed by atoms with E-state index in [1.165, 1.54) is 45.5 Å². The fourth-order valence-electron chi connectivity index (χ4n) is 1.92. The van der Waals surface area contributed by atoms with Gasteiger partial charge in [-0.05, 0) is 45.3 Å². The quantitative estimate of drug-likeness (QED) is 0.431. The van der Waals surface area contributed by atoms with E-state index >= 15 is 0 Å². The highest BCUT2D eigenvalue weighted by atomic mass is 16.5. The third kappa shape index (κ3) is 5.16. The van der Waals surface area contributed by atoms with Crippen molar-refractivity contribution in [3.05, 3.63) is 12.3 Å². The molecule has 4 nitrogen and oxygen atoms in total. The molecule has 0 aromatic rings. The molecule has 0 unspecified atom stereocenters. The molecule has 0 radical (unpaired) electrons. The van der Waals surface area contributed by atoms with Crippen LogP contribution >= 0.6 is 0 Å². The Labute approximate surface area is 97.6 Å². The molecule has 1 heterocycles. The standard InChI is InChI=1S/C12H22N2O2/c1-14-9-5-11(6-10-14)3-7-13-8-4-12(15)16-2/h4,8,11,13H,3,5-7,9-10H2,1-2H3/b8-4+. The number of likely N-dealkylation sites (tertiary alicyclic amines) is 1. The predicted octanol–water partition coefficient (Wildman–Crippen LogP) is 0.995. The van der Waals surface area contributed by atoms with E-state index in [1.807, 2.05) is 0 Å². The van der Waals surface area contributed by atoms with Gasteiger partial charge in [-0.3, -0.25) is 0 Å². The lowest BCUT2D eigenvalue weighted by Gasteiger charge is -2.28. The first-order valence-corrected chi connectivity index (χ1v) is 5.89. The van der Waals surface area contributed by atoms with Gasteiger partial charge in [-0.1, -0.05) is 0 Å². The van der Waals surface area contributed by atoms with Gasteiger partial charge in [-0.2, -0.15) is 0 Å². The summed E-state index contributed by atoms with van der Waals surface area (Å²) >= 11 is 0. The summed E-state index contributed by atoms with van der Waals surface area (Å²) in [6, 6.07) is 0. The normalized spacial score (nSPS) is 18.9. The highest BCUT2D eigenvalue weighted by molar-refractivity contribution is 5.81. The molecule has 0 atom stereocenters. The second-order valence-corrected chi connectivity index (χ2v) is 4.35. The van der Waals surface area contributed by atoms with Crippen molar-refractivity contribution in [1.82, 2.24) is 10.2 Å². The van der Waals surface area contributed by atoms with Crippen molar-refractivity contribution >= 4 is 5.97 Å². The number of nitrogens with one attached hydrogen (secondary N) is 1. The van der Waals surface area contributed by atoms with E-state index in [9.17, 15) is 4.79 Å². The number of hydrogen-bond donors (Lipinski definition) is 1. The summed E-state index contributed by atoms with van der Waals surface area (Å²) in [4.78, 5) is 13.1. The first-order chi connectivity index (χ1) is 7.72. The largest absolute Gasteiger partial charge is 0.466 e. The highest BCUT2D eigenvalue weighted by Crippen LogP contribution is 2.18. The number of nitrogens with zero attached hydrogens (tertiary/aromatic N) is 1. The number of carbonyl (C=O) groups is 1. The smallest absolute Gasteiger partial charge is 0.331 e. The van der Waals surface area contributed by atoms with E-state index in [0.717, 1.165) is 12.5 Å². The van der Waals surface area contributed by atoms with Crippen LogP contribution in [0.15, 0.2) is 12.3 Å². The van der Waals surface area contributed by atoms with Crippen molar-refractivity contribution in [2.45, 2.75) is 19.3 Å². The summed E-state index contributed by atoms with van der Waals surface area (Å²) in [5.41, 5.74) is 0. The Balaban J connectivity index is 2.03. The van der Waals surface area contributed by atoms with Gasteiger partial charge in [0, 0.05) is 18.8 Å². The average molecular weight is 226 g/mol. The van der Waals surface area contributed by atoms with Gasteiger partial charge in [0.05, 0.1) is 7.11 Å². The molecule has 1 N–H and O–H groups in total. The number of rotatable bonds is 5. The summed E-state index contributed by atoms with van der Waals surface area (Å²) in [5.74, 6) is 0.516. The van der Waals surface area contributed by atoms with Crippen molar-refractivity contribution in [1.29, 1.82) is 0 Å². The summed E-state index contributed by atoms with van der Waals surface area (Å²) in [7, 11) is 3.55. The maximum Gasteiger partial charge on any atom is 0.331 e. The van der Waals surface area contributed by atoms with Crippen LogP contribution in [0.3, 0.4) is 0 Å². The molecule has 16 heavy (non-hydrogen) atoms. The molecule has 0 aromatic carbocycles. The SMILES string of the molecule is COC(=O)/C=C/NCCC1CCN(C)CC1. The fourth-order valence-corrected chi connectivity index (χ4v) is 1.92. The molecular weight excluding hydrogens is 204 g/mol. The van der Waals surface area contributed by atoms with Gasteiger partial charge >= 0.3 is 5.97 Å². The van der Waals surface area contributed by atoms with Gasteiger partial charge in [0.25, 0.3) is 0 Å². The Morgan fingerprint density at radius 1 is 1.50 bits per heavy atom. The van der Waals surface area contributed by atoms with Gasteiger partial charge in [0.15, 0.2) is 0 Å². The third-order valence-electron chi connectivity index (χ3n) is 3.07. The fraction of sp³-hybridized carbons (Fsp3) is 0.750.